The van der Waals surface area contributed by atoms with E-state index in [2.05, 4.69) is 10.6 Å². The fraction of sp³-hybridized carbons (Fsp3) is 0.818. The molecule has 0 aromatic carbocycles. The van der Waals surface area contributed by atoms with Gasteiger partial charge in [-0.2, -0.15) is 0 Å². The lowest BCUT2D eigenvalue weighted by Crippen LogP contribution is -2.51. The first-order chi connectivity index (χ1) is 7.65. The minimum Gasteiger partial charge on any atom is -0.480 e. The quantitative estimate of drug-likeness (QED) is 0.640. The van der Waals surface area contributed by atoms with Crippen LogP contribution in [0.2, 0.25) is 0 Å². The number of carbonyl (C=O) groups is 2. The summed E-state index contributed by atoms with van der Waals surface area (Å²) in [5, 5.41) is 14.6. The molecule has 16 heavy (non-hydrogen) atoms. The zero-order valence-electron chi connectivity index (χ0n) is 9.66. The first-order valence-corrected chi connectivity index (χ1v) is 5.91. The van der Waals surface area contributed by atoms with Crippen molar-refractivity contribution < 1.29 is 14.7 Å². The highest BCUT2D eigenvalue weighted by molar-refractivity contribution is 5.86. The van der Waals surface area contributed by atoms with Crippen molar-refractivity contribution in [1.29, 1.82) is 0 Å². The summed E-state index contributed by atoms with van der Waals surface area (Å²) in [6.07, 6.45) is 4.13. The molecule has 0 aromatic rings. The van der Waals surface area contributed by atoms with Gasteiger partial charge in [-0.05, 0) is 25.8 Å². The molecule has 0 aromatic heterocycles. The van der Waals surface area contributed by atoms with Gasteiger partial charge in [-0.1, -0.05) is 19.8 Å². The molecule has 1 rings (SSSR count). The first-order valence-electron chi connectivity index (χ1n) is 5.91. The van der Waals surface area contributed by atoms with Gasteiger partial charge in [0.25, 0.3) is 0 Å². The molecule has 0 bridgehead atoms. The van der Waals surface area contributed by atoms with Gasteiger partial charge in [0, 0.05) is 0 Å². The van der Waals surface area contributed by atoms with Crippen LogP contribution in [0.15, 0.2) is 0 Å². The molecule has 5 nitrogen and oxygen atoms in total. The van der Waals surface area contributed by atoms with Crippen molar-refractivity contribution in [2.45, 2.75) is 51.1 Å². The lowest BCUT2D eigenvalue weighted by Gasteiger charge is -2.24. The van der Waals surface area contributed by atoms with Crippen molar-refractivity contribution in [3.05, 3.63) is 0 Å². The monoisotopic (exact) mass is 228 g/mol. The van der Waals surface area contributed by atoms with Gasteiger partial charge < -0.3 is 15.7 Å². The van der Waals surface area contributed by atoms with Crippen molar-refractivity contribution in [1.82, 2.24) is 10.6 Å². The first kappa shape index (κ1) is 13.0. The van der Waals surface area contributed by atoms with Gasteiger partial charge in [0.05, 0.1) is 6.04 Å². The number of rotatable bonds is 5. The minimum absolute atomic E-state index is 0.180. The van der Waals surface area contributed by atoms with Crippen molar-refractivity contribution in [3.8, 4) is 0 Å². The summed E-state index contributed by atoms with van der Waals surface area (Å²) in [5.41, 5.74) is 0. The minimum atomic E-state index is -0.953. The SMILES string of the molecule is CCC[C@@H](NC(=O)C1CCCCN1)C(=O)O. The molecule has 0 saturated carbocycles. The smallest absolute Gasteiger partial charge is 0.326 e. The van der Waals surface area contributed by atoms with E-state index in [0.29, 0.717) is 6.42 Å². The zero-order chi connectivity index (χ0) is 12.0. The Kier molecular flexibility index (Phi) is 5.25. The average molecular weight is 228 g/mol. The molecule has 0 radical (unpaired) electrons. The largest absolute Gasteiger partial charge is 0.480 e. The Balaban J connectivity index is 2.43. The molecule has 1 fully saturated rings. The molecule has 1 amide bonds. The lowest BCUT2D eigenvalue weighted by atomic mass is 10.0. The van der Waals surface area contributed by atoms with Crippen LogP contribution in [0.25, 0.3) is 0 Å². The Morgan fingerprint density at radius 3 is 2.75 bits per heavy atom. The van der Waals surface area contributed by atoms with Gasteiger partial charge in [-0.25, -0.2) is 4.79 Å². The third-order valence-corrected chi connectivity index (χ3v) is 2.82. The van der Waals surface area contributed by atoms with Crippen LogP contribution in [-0.4, -0.2) is 35.6 Å². The van der Waals surface area contributed by atoms with E-state index in [1.54, 1.807) is 0 Å². The van der Waals surface area contributed by atoms with Gasteiger partial charge in [-0.3, -0.25) is 4.79 Å². The van der Waals surface area contributed by atoms with Crippen LogP contribution < -0.4 is 10.6 Å². The van der Waals surface area contributed by atoms with Crippen LogP contribution in [-0.2, 0) is 9.59 Å². The molecule has 1 saturated heterocycles. The Hall–Kier alpha value is -1.10. The van der Waals surface area contributed by atoms with E-state index in [0.717, 1.165) is 32.2 Å². The predicted octanol–water partition coefficient (Wildman–Crippen LogP) is 0.498. The van der Waals surface area contributed by atoms with Gasteiger partial charge in [0.1, 0.15) is 6.04 Å². The average Bonchev–Trinajstić information content (AvgIpc) is 2.29. The van der Waals surface area contributed by atoms with E-state index in [9.17, 15) is 9.59 Å². The Labute approximate surface area is 95.6 Å². The second-order valence-corrected chi connectivity index (χ2v) is 4.19. The molecule has 5 heteroatoms. The summed E-state index contributed by atoms with van der Waals surface area (Å²) in [6, 6.07) is -0.964. The van der Waals surface area contributed by atoms with E-state index in [4.69, 9.17) is 5.11 Å². The summed E-state index contributed by atoms with van der Waals surface area (Å²) < 4.78 is 0. The van der Waals surface area contributed by atoms with Crippen molar-refractivity contribution in [3.63, 3.8) is 0 Å². The summed E-state index contributed by atoms with van der Waals surface area (Å²) in [5.74, 6) is -1.13. The molecule has 1 aliphatic heterocycles. The molecule has 2 atom stereocenters. The Morgan fingerprint density at radius 1 is 1.50 bits per heavy atom. The van der Waals surface area contributed by atoms with Gasteiger partial charge >= 0.3 is 5.97 Å². The van der Waals surface area contributed by atoms with Gasteiger partial charge in [-0.15, -0.1) is 0 Å². The molecule has 1 unspecified atom stereocenters. The number of hydrogen-bond donors (Lipinski definition) is 3. The van der Waals surface area contributed by atoms with E-state index < -0.39 is 12.0 Å². The van der Waals surface area contributed by atoms with Crippen LogP contribution >= 0.6 is 0 Å². The van der Waals surface area contributed by atoms with E-state index in [1.807, 2.05) is 6.92 Å². The highest BCUT2D eigenvalue weighted by atomic mass is 16.4. The topological polar surface area (TPSA) is 78.4 Å². The number of aliphatic carboxylic acids is 1. The van der Waals surface area contributed by atoms with E-state index in [1.165, 1.54) is 0 Å². The summed E-state index contributed by atoms with van der Waals surface area (Å²) >= 11 is 0. The Bertz CT molecular complexity index is 250. The molecular weight excluding hydrogens is 208 g/mol. The summed E-state index contributed by atoms with van der Waals surface area (Å²) in [4.78, 5) is 22.6. The normalized spacial score (nSPS) is 22.4. The molecule has 0 aliphatic carbocycles. The van der Waals surface area contributed by atoms with Crippen LogP contribution in [0.5, 0.6) is 0 Å². The second-order valence-electron chi connectivity index (χ2n) is 4.19. The molecule has 0 spiro atoms. The standard InChI is InChI=1S/C11H20N2O3/c1-2-5-9(11(15)16)13-10(14)8-6-3-4-7-12-8/h8-9,12H,2-7H2,1H3,(H,13,14)(H,15,16)/t8?,9-/m1/s1. The maximum atomic E-state index is 11.8. The van der Waals surface area contributed by atoms with Crippen molar-refractivity contribution >= 4 is 11.9 Å². The predicted molar refractivity (Wildman–Crippen MR) is 60.1 cm³/mol. The third kappa shape index (κ3) is 3.81. The number of nitrogens with one attached hydrogen (secondary N) is 2. The van der Waals surface area contributed by atoms with E-state index >= 15 is 0 Å². The number of hydrogen-bond acceptors (Lipinski definition) is 3. The summed E-state index contributed by atoms with van der Waals surface area (Å²) in [6.45, 7) is 2.74. The van der Waals surface area contributed by atoms with E-state index in [-0.39, 0.29) is 11.9 Å². The number of carboxylic acids is 1. The number of carboxylic acid groups (broad SMARTS) is 1. The van der Waals surface area contributed by atoms with Crippen molar-refractivity contribution in [2.24, 2.45) is 0 Å². The lowest BCUT2D eigenvalue weighted by molar-refractivity contribution is -0.142. The molecular formula is C11H20N2O3. The highest BCUT2D eigenvalue weighted by Gasteiger charge is 2.25. The van der Waals surface area contributed by atoms with Crippen molar-refractivity contribution in [2.75, 3.05) is 6.54 Å². The van der Waals surface area contributed by atoms with Gasteiger partial charge in [0.15, 0.2) is 0 Å². The molecule has 1 aliphatic rings. The third-order valence-electron chi connectivity index (χ3n) is 2.82. The van der Waals surface area contributed by atoms with Gasteiger partial charge in [0.2, 0.25) is 5.91 Å². The second kappa shape index (κ2) is 6.48. The number of piperidine rings is 1. The highest BCUT2D eigenvalue weighted by Crippen LogP contribution is 2.07. The maximum absolute atomic E-state index is 11.8. The molecule has 3 N–H and O–H groups in total. The van der Waals surface area contributed by atoms with Crippen LogP contribution in [0.1, 0.15) is 39.0 Å². The number of amides is 1. The summed E-state index contributed by atoms with van der Waals surface area (Å²) in [7, 11) is 0. The molecule has 1 heterocycles. The fourth-order valence-corrected chi connectivity index (χ4v) is 1.89. The Morgan fingerprint density at radius 2 is 2.25 bits per heavy atom. The fourth-order valence-electron chi connectivity index (χ4n) is 1.89. The zero-order valence-corrected chi connectivity index (χ0v) is 9.66. The maximum Gasteiger partial charge on any atom is 0.326 e. The number of carbonyl (C=O) groups excluding carboxylic acids is 1. The van der Waals surface area contributed by atoms with Crippen LogP contribution in [0.4, 0.5) is 0 Å². The van der Waals surface area contributed by atoms with Crippen LogP contribution in [0.3, 0.4) is 0 Å². The van der Waals surface area contributed by atoms with Crippen LogP contribution in [0, 0.1) is 0 Å². The molecule has 92 valence electrons.